The fourth-order valence-electron chi connectivity index (χ4n) is 4.58. The molecular weight excluding hydrogens is 380 g/mol. The zero-order valence-electron chi connectivity index (χ0n) is 16.6. The number of phenolic OH excluding ortho intramolecular Hbond substituents is 1. The van der Waals surface area contributed by atoms with Gasteiger partial charge in [-0.2, -0.15) is 0 Å². The van der Waals surface area contributed by atoms with E-state index in [1.807, 2.05) is 6.07 Å². The van der Waals surface area contributed by atoms with Gasteiger partial charge in [0.15, 0.2) is 0 Å². The highest BCUT2D eigenvalue weighted by Gasteiger charge is 2.23. The molecule has 0 radical (unpaired) electrons. The molecule has 0 amide bonds. The molecule has 3 N–H and O–H groups in total. The highest BCUT2D eigenvalue weighted by atomic mass is 16.3. The smallest absolute Gasteiger partial charge is 0.328 e. The van der Waals surface area contributed by atoms with Crippen LogP contribution in [0.4, 0.5) is 0 Å². The molecule has 7 heteroatoms. The van der Waals surface area contributed by atoms with Crippen molar-refractivity contribution in [1.82, 2.24) is 19.4 Å². The normalized spacial score (nSPS) is 15.9. The fourth-order valence-corrected chi connectivity index (χ4v) is 4.58. The summed E-state index contributed by atoms with van der Waals surface area (Å²) in [6.07, 6.45) is 4.24. The lowest BCUT2D eigenvalue weighted by molar-refractivity contribution is 0.204. The molecule has 0 aliphatic carbocycles. The van der Waals surface area contributed by atoms with E-state index in [1.165, 1.54) is 33.2 Å². The number of rotatable bonds is 4. The Hall–Kier alpha value is -3.32. The van der Waals surface area contributed by atoms with E-state index in [-0.39, 0.29) is 11.3 Å². The van der Waals surface area contributed by atoms with Gasteiger partial charge in [0.05, 0.1) is 10.9 Å². The van der Waals surface area contributed by atoms with Crippen LogP contribution in [-0.4, -0.2) is 44.2 Å². The first-order chi connectivity index (χ1) is 14.6. The van der Waals surface area contributed by atoms with Crippen LogP contribution in [0.15, 0.2) is 58.3 Å². The van der Waals surface area contributed by atoms with E-state index in [4.69, 9.17) is 0 Å². The maximum Gasteiger partial charge on any atom is 0.328 e. The van der Waals surface area contributed by atoms with Crippen LogP contribution in [0, 0.1) is 0 Å². The summed E-state index contributed by atoms with van der Waals surface area (Å²) in [6.45, 7) is 2.85. The molecule has 30 heavy (non-hydrogen) atoms. The fraction of sp³-hybridized carbons (Fsp3) is 0.304. The number of nitrogens with one attached hydrogen (secondary N) is 2. The van der Waals surface area contributed by atoms with Crippen molar-refractivity contribution >= 4 is 21.8 Å². The number of H-pyrrole nitrogens is 2. The van der Waals surface area contributed by atoms with Gasteiger partial charge in [0, 0.05) is 30.2 Å². The van der Waals surface area contributed by atoms with Crippen molar-refractivity contribution in [2.24, 2.45) is 0 Å². The lowest BCUT2D eigenvalue weighted by Crippen LogP contribution is -2.41. The summed E-state index contributed by atoms with van der Waals surface area (Å²) in [5, 5.41) is 11.3. The van der Waals surface area contributed by atoms with Crippen molar-refractivity contribution in [2.75, 3.05) is 19.6 Å². The summed E-state index contributed by atoms with van der Waals surface area (Å²) < 4.78 is 1.23. The minimum absolute atomic E-state index is 0.0116. The predicted molar refractivity (Wildman–Crippen MR) is 117 cm³/mol. The Morgan fingerprint density at radius 2 is 1.77 bits per heavy atom. The molecule has 154 valence electrons. The van der Waals surface area contributed by atoms with Crippen LogP contribution in [-0.2, 0) is 6.54 Å². The van der Waals surface area contributed by atoms with Gasteiger partial charge >= 0.3 is 5.69 Å². The SMILES string of the molecule is O=c1[nH]c2ccc(O)cc2c(=O)n1CCN1CCC(c2c[nH]c3ccccc23)CC1. The van der Waals surface area contributed by atoms with Crippen molar-refractivity contribution in [2.45, 2.75) is 25.3 Å². The first-order valence-electron chi connectivity index (χ1n) is 10.3. The predicted octanol–water partition coefficient (Wildman–Crippen LogP) is 2.76. The third-order valence-electron chi connectivity index (χ3n) is 6.25. The van der Waals surface area contributed by atoms with Crippen LogP contribution in [0.2, 0.25) is 0 Å². The number of likely N-dealkylation sites (tertiary alicyclic amines) is 1. The quantitative estimate of drug-likeness (QED) is 0.488. The minimum atomic E-state index is -0.410. The Morgan fingerprint density at radius 3 is 2.60 bits per heavy atom. The van der Waals surface area contributed by atoms with Crippen molar-refractivity contribution in [3.63, 3.8) is 0 Å². The van der Waals surface area contributed by atoms with Crippen molar-refractivity contribution < 1.29 is 5.11 Å². The second-order valence-corrected chi connectivity index (χ2v) is 8.02. The molecule has 1 saturated heterocycles. The average Bonchev–Trinajstić information content (AvgIpc) is 3.19. The Kier molecular flexibility index (Phi) is 4.67. The molecule has 0 bridgehead atoms. The summed E-state index contributed by atoms with van der Waals surface area (Å²) in [6, 6.07) is 12.8. The number of hydrogen-bond acceptors (Lipinski definition) is 4. The lowest BCUT2D eigenvalue weighted by atomic mass is 9.89. The van der Waals surface area contributed by atoms with Crippen LogP contribution in [0.5, 0.6) is 5.75 Å². The van der Waals surface area contributed by atoms with Crippen LogP contribution in [0.25, 0.3) is 21.8 Å². The van der Waals surface area contributed by atoms with E-state index in [2.05, 4.69) is 39.3 Å². The van der Waals surface area contributed by atoms with Gasteiger partial charge in [0.1, 0.15) is 5.75 Å². The second-order valence-electron chi connectivity index (χ2n) is 8.02. The summed E-state index contributed by atoms with van der Waals surface area (Å²) in [5.74, 6) is 0.532. The van der Waals surface area contributed by atoms with E-state index in [0.717, 1.165) is 25.9 Å². The summed E-state index contributed by atoms with van der Waals surface area (Å²) in [4.78, 5) is 33.5. The molecule has 5 rings (SSSR count). The molecule has 1 aliphatic rings. The van der Waals surface area contributed by atoms with Crippen molar-refractivity contribution in [3.05, 3.63) is 75.1 Å². The number of hydrogen-bond donors (Lipinski definition) is 3. The summed E-state index contributed by atoms with van der Waals surface area (Å²) in [7, 11) is 0. The monoisotopic (exact) mass is 404 g/mol. The highest BCUT2D eigenvalue weighted by molar-refractivity contribution is 5.83. The zero-order chi connectivity index (χ0) is 20.7. The van der Waals surface area contributed by atoms with E-state index in [1.54, 1.807) is 6.07 Å². The highest BCUT2D eigenvalue weighted by Crippen LogP contribution is 2.32. The maximum atomic E-state index is 12.7. The van der Waals surface area contributed by atoms with Gasteiger partial charge in [-0.1, -0.05) is 18.2 Å². The molecule has 2 aromatic heterocycles. The Labute approximate surface area is 172 Å². The van der Waals surface area contributed by atoms with Gasteiger partial charge in [-0.25, -0.2) is 4.79 Å². The van der Waals surface area contributed by atoms with Crippen LogP contribution in [0.3, 0.4) is 0 Å². The molecule has 4 aromatic rings. The molecule has 7 nitrogen and oxygen atoms in total. The Bertz CT molecular complexity index is 1330. The number of phenols is 1. The molecule has 0 unspecified atom stereocenters. The number of aromatic nitrogens is 3. The third-order valence-corrected chi connectivity index (χ3v) is 6.25. The molecule has 0 saturated carbocycles. The molecule has 0 atom stereocenters. The van der Waals surface area contributed by atoms with Crippen molar-refractivity contribution in [3.8, 4) is 5.75 Å². The number of aromatic hydroxyl groups is 1. The van der Waals surface area contributed by atoms with Crippen LogP contribution in [0.1, 0.15) is 24.3 Å². The zero-order valence-corrected chi connectivity index (χ0v) is 16.6. The third kappa shape index (κ3) is 3.31. The van der Waals surface area contributed by atoms with Gasteiger partial charge in [-0.3, -0.25) is 9.36 Å². The number of piperidine rings is 1. The second kappa shape index (κ2) is 7.50. The molecule has 1 fully saturated rings. The van der Waals surface area contributed by atoms with Gasteiger partial charge < -0.3 is 20.0 Å². The number of fused-ring (bicyclic) bond motifs is 2. The Balaban J connectivity index is 1.27. The van der Waals surface area contributed by atoms with E-state index in [9.17, 15) is 14.7 Å². The molecule has 0 spiro atoms. The van der Waals surface area contributed by atoms with Crippen LogP contribution >= 0.6 is 0 Å². The largest absolute Gasteiger partial charge is 0.508 e. The number of para-hydroxylation sites is 1. The van der Waals surface area contributed by atoms with Gasteiger partial charge in [-0.05, 0) is 61.7 Å². The molecular formula is C23H24N4O3. The number of aromatic amines is 2. The van der Waals surface area contributed by atoms with E-state index in [0.29, 0.717) is 29.9 Å². The first kappa shape index (κ1) is 18.7. The standard InChI is InChI=1S/C23H24N4O3/c28-16-5-6-21-18(13-16)22(29)27(23(30)25-21)12-11-26-9-7-15(8-10-26)19-14-24-20-4-2-1-3-17(19)20/h1-6,13-15,24,28H,7-12H2,(H,25,30). The topological polar surface area (TPSA) is 94.1 Å². The lowest BCUT2D eigenvalue weighted by Gasteiger charge is -2.32. The molecule has 1 aliphatic heterocycles. The molecule has 2 aromatic carbocycles. The van der Waals surface area contributed by atoms with E-state index < -0.39 is 5.69 Å². The Morgan fingerprint density at radius 1 is 0.967 bits per heavy atom. The van der Waals surface area contributed by atoms with Gasteiger partial charge in [-0.15, -0.1) is 0 Å². The summed E-state index contributed by atoms with van der Waals surface area (Å²) >= 11 is 0. The van der Waals surface area contributed by atoms with Gasteiger partial charge in [0.2, 0.25) is 0 Å². The van der Waals surface area contributed by atoms with Gasteiger partial charge in [0.25, 0.3) is 5.56 Å². The number of benzene rings is 2. The first-order valence-corrected chi connectivity index (χ1v) is 10.3. The summed E-state index contributed by atoms with van der Waals surface area (Å²) in [5.41, 5.74) is 2.23. The molecule has 3 heterocycles. The van der Waals surface area contributed by atoms with Crippen molar-refractivity contribution in [1.29, 1.82) is 0 Å². The number of nitrogens with zero attached hydrogens (tertiary/aromatic N) is 2. The minimum Gasteiger partial charge on any atom is -0.508 e. The maximum absolute atomic E-state index is 12.7. The van der Waals surface area contributed by atoms with Crippen LogP contribution < -0.4 is 11.2 Å². The average molecular weight is 404 g/mol. The van der Waals surface area contributed by atoms with E-state index >= 15 is 0 Å².